The van der Waals surface area contributed by atoms with E-state index in [1.165, 1.54) is 115 Å². The Labute approximate surface area is 371 Å². The summed E-state index contributed by atoms with van der Waals surface area (Å²) >= 11 is 0. The molecule has 0 N–H and O–H groups in total. The highest BCUT2D eigenvalue weighted by Crippen LogP contribution is 2.44. The van der Waals surface area contributed by atoms with Gasteiger partial charge in [0.05, 0.1) is 22.1 Å². The molecule has 13 rings (SSSR count). The molecule has 2 heterocycles. The fourth-order valence-corrected chi connectivity index (χ4v) is 10.4. The second-order valence-electron chi connectivity index (χ2n) is 16.8. The minimum Gasteiger partial charge on any atom is -0.309 e. The number of benzene rings is 11. The average molecular weight is 813 g/mol. The van der Waals surface area contributed by atoms with Gasteiger partial charge in [-0.2, -0.15) is 0 Å². The van der Waals surface area contributed by atoms with E-state index < -0.39 is 0 Å². The van der Waals surface area contributed by atoms with Gasteiger partial charge in [-0.05, 0) is 133 Å². The molecule has 0 saturated carbocycles. The van der Waals surface area contributed by atoms with Crippen LogP contribution in [0.1, 0.15) is 0 Å². The molecule has 0 spiro atoms. The van der Waals surface area contributed by atoms with Gasteiger partial charge >= 0.3 is 0 Å². The van der Waals surface area contributed by atoms with E-state index in [0.717, 1.165) is 5.69 Å². The van der Waals surface area contributed by atoms with Gasteiger partial charge < -0.3 is 9.13 Å². The average Bonchev–Trinajstić information content (AvgIpc) is 3.88. The molecule has 2 heteroatoms. The summed E-state index contributed by atoms with van der Waals surface area (Å²) in [7, 11) is 0. The number of hydrogen-bond acceptors (Lipinski definition) is 0. The van der Waals surface area contributed by atoms with Gasteiger partial charge in [0.25, 0.3) is 0 Å². The van der Waals surface area contributed by atoms with Gasteiger partial charge in [-0.15, -0.1) is 0 Å². The normalized spacial score (nSPS) is 11.8. The molecule has 11 aromatic carbocycles. The van der Waals surface area contributed by atoms with Gasteiger partial charge in [0.15, 0.2) is 0 Å². The Morgan fingerprint density at radius 3 is 1.00 bits per heavy atom. The lowest BCUT2D eigenvalue weighted by Crippen LogP contribution is -1.94. The third kappa shape index (κ3) is 5.66. The smallest absolute Gasteiger partial charge is 0.0541 e. The summed E-state index contributed by atoms with van der Waals surface area (Å²) in [6, 6.07) is 88.9. The molecule has 0 aliphatic carbocycles. The van der Waals surface area contributed by atoms with Crippen LogP contribution in [-0.2, 0) is 0 Å². The van der Waals surface area contributed by atoms with Crippen LogP contribution >= 0.6 is 0 Å². The summed E-state index contributed by atoms with van der Waals surface area (Å²) in [5.74, 6) is 0. The first-order chi connectivity index (χ1) is 31.8. The van der Waals surface area contributed by atoms with Crippen LogP contribution in [0.5, 0.6) is 0 Å². The third-order valence-corrected chi connectivity index (χ3v) is 13.3. The maximum absolute atomic E-state index is 2.42. The van der Waals surface area contributed by atoms with Crippen LogP contribution in [0.25, 0.3) is 121 Å². The van der Waals surface area contributed by atoms with E-state index >= 15 is 0 Å². The van der Waals surface area contributed by atoms with Crippen LogP contribution in [-0.4, -0.2) is 9.13 Å². The van der Waals surface area contributed by atoms with E-state index in [0.29, 0.717) is 0 Å². The molecular formula is C62H40N2. The zero-order chi connectivity index (χ0) is 42.1. The number of fused-ring (bicyclic) bond motifs is 8. The molecule has 0 radical (unpaired) electrons. The van der Waals surface area contributed by atoms with Crippen LogP contribution in [0.15, 0.2) is 243 Å². The van der Waals surface area contributed by atoms with E-state index in [9.17, 15) is 0 Å². The topological polar surface area (TPSA) is 9.86 Å². The zero-order valence-electron chi connectivity index (χ0n) is 35.0. The van der Waals surface area contributed by atoms with Crippen LogP contribution < -0.4 is 0 Å². The van der Waals surface area contributed by atoms with Crippen LogP contribution in [0.3, 0.4) is 0 Å². The van der Waals surface area contributed by atoms with Crippen LogP contribution in [0.4, 0.5) is 0 Å². The molecule has 0 atom stereocenters. The first-order valence-corrected chi connectivity index (χ1v) is 22.1. The first-order valence-electron chi connectivity index (χ1n) is 22.1. The lowest BCUT2D eigenvalue weighted by atomic mass is 9.86. The molecule has 2 aromatic heterocycles. The molecule has 0 aliphatic heterocycles. The largest absolute Gasteiger partial charge is 0.309 e. The maximum atomic E-state index is 2.42. The molecule has 0 fully saturated rings. The Morgan fingerprint density at radius 2 is 0.516 bits per heavy atom. The number of para-hydroxylation sites is 3. The highest BCUT2D eigenvalue weighted by atomic mass is 15.0. The summed E-state index contributed by atoms with van der Waals surface area (Å²) in [4.78, 5) is 0. The molecule has 2 nitrogen and oxygen atoms in total. The molecular weight excluding hydrogens is 773 g/mol. The second kappa shape index (κ2) is 14.6. The Hall–Kier alpha value is -8.46. The van der Waals surface area contributed by atoms with Crippen molar-refractivity contribution in [1.82, 2.24) is 9.13 Å². The molecule has 0 saturated heterocycles. The summed E-state index contributed by atoms with van der Waals surface area (Å²) in [5.41, 5.74) is 16.9. The molecule has 298 valence electrons. The van der Waals surface area contributed by atoms with Crippen molar-refractivity contribution in [2.24, 2.45) is 0 Å². The fourth-order valence-electron chi connectivity index (χ4n) is 10.4. The Bertz CT molecular complexity index is 3870. The Kier molecular flexibility index (Phi) is 8.25. The Morgan fingerprint density at radius 1 is 0.188 bits per heavy atom. The van der Waals surface area contributed by atoms with Gasteiger partial charge in [0.2, 0.25) is 0 Å². The van der Waals surface area contributed by atoms with Crippen molar-refractivity contribution in [2.75, 3.05) is 0 Å². The van der Waals surface area contributed by atoms with Gasteiger partial charge in [-0.3, -0.25) is 0 Å². The summed E-state index contributed by atoms with van der Waals surface area (Å²) < 4.78 is 4.80. The quantitative estimate of drug-likeness (QED) is 0.148. The SMILES string of the molecule is c1ccc(-c2c3ccccc3c(-c3ccc(-n4c5ccccc5c5cc(-c6cccc(-c7ccc8c(c7)c7ccccc7n8-c7ccccc7)c6)ccc54)cc3)c3ccccc23)cc1. The standard InChI is InChI=1S/C62H40N2/c1-3-16-41(17-4-1)61-51-24-7-9-26-53(51)62(54-27-10-8-25-52(54)61)42-30-34-48(35-31-42)64-58-29-14-12-23-50(58)56-40-46(33-37-60(56)64)44-19-15-18-43(38-44)45-32-36-59-55(39-45)49-22-11-13-28-57(49)63(59)47-20-5-2-6-21-47/h1-40H. The predicted molar refractivity (Wildman–Crippen MR) is 272 cm³/mol. The summed E-state index contributed by atoms with van der Waals surface area (Å²) in [6.07, 6.45) is 0. The van der Waals surface area contributed by atoms with Crippen molar-refractivity contribution in [2.45, 2.75) is 0 Å². The van der Waals surface area contributed by atoms with Gasteiger partial charge in [-0.25, -0.2) is 0 Å². The van der Waals surface area contributed by atoms with Gasteiger partial charge in [-0.1, -0.05) is 176 Å². The lowest BCUT2D eigenvalue weighted by molar-refractivity contribution is 1.18. The first kappa shape index (κ1) is 36.2. The fraction of sp³-hybridized carbons (Fsp3) is 0. The molecule has 13 aromatic rings. The summed E-state index contributed by atoms with van der Waals surface area (Å²) in [5, 5.41) is 10.1. The lowest BCUT2D eigenvalue weighted by Gasteiger charge is -2.18. The zero-order valence-corrected chi connectivity index (χ0v) is 35.0. The number of aromatic nitrogens is 2. The van der Waals surface area contributed by atoms with E-state index in [1.807, 2.05) is 0 Å². The monoisotopic (exact) mass is 812 g/mol. The number of rotatable bonds is 6. The van der Waals surface area contributed by atoms with Crippen LogP contribution in [0.2, 0.25) is 0 Å². The van der Waals surface area contributed by atoms with Crippen molar-refractivity contribution < 1.29 is 0 Å². The molecule has 0 aliphatic rings. The highest BCUT2D eigenvalue weighted by molar-refractivity contribution is 6.21. The Balaban J connectivity index is 0.898. The number of hydrogen-bond donors (Lipinski definition) is 0. The van der Waals surface area contributed by atoms with Gasteiger partial charge in [0, 0.05) is 32.9 Å². The van der Waals surface area contributed by atoms with Crippen molar-refractivity contribution in [1.29, 1.82) is 0 Å². The molecule has 0 unspecified atom stereocenters. The minimum atomic E-state index is 1.14. The van der Waals surface area contributed by atoms with Gasteiger partial charge in [0.1, 0.15) is 0 Å². The third-order valence-electron chi connectivity index (χ3n) is 13.3. The van der Waals surface area contributed by atoms with Crippen molar-refractivity contribution in [3.63, 3.8) is 0 Å². The minimum absolute atomic E-state index is 1.14. The van der Waals surface area contributed by atoms with E-state index in [2.05, 4.69) is 252 Å². The maximum Gasteiger partial charge on any atom is 0.0541 e. The number of nitrogens with zero attached hydrogens (tertiary/aromatic N) is 2. The summed E-state index contributed by atoms with van der Waals surface area (Å²) in [6.45, 7) is 0. The second-order valence-corrected chi connectivity index (χ2v) is 16.8. The predicted octanol–water partition coefficient (Wildman–Crippen LogP) is 16.9. The molecule has 0 amide bonds. The van der Waals surface area contributed by atoms with Crippen molar-refractivity contribution in [3.05, 3.63) is 243 Å². The van der Waals surface area contributed by atoms with Crippen LogP contribution in [0, 0.1) is 0 Å². The van der Waals surface area contributed by atoms with Crippen molar-refractivity contribution in [3.8, 4) is 55.9 Å². The molecule has 64 heavy (non-hydrogen) atoms. The van der Waals surface area contributed by atoms with E-state index in [1.54, 1.807) is 0 Å². The van der Waals surface area contributed by atoms with E-state index in [4.69, 9.17) is 0 Å². The van der Waals surface area contributed by atoms with Crippen molar-refractivity contribution >= 4 is 65.2 Å². The molecule has 0 bridgehead atoms. The van der Waals surface area contributed by atoms with E-state index in [-0.39, 0.29) is 0 Å². The highest BCUT2D eigenvalue weighted by Gasteiger charge is 2.19.